The van der Waals surface area contributed by atoms with Gasteiger partial charge in [-0.05, 0) is 47.8 Å². The normalized spacial score (nSPS) is 22.5. The van der Waals surface area contributed by atoms with Gasteiger partial charge in [0.1, 0.15) is 10.4 Å². The number of anilines is 1. The largest absolute Gasteiger partial charge is 0.354 e. The highest BCUT2D eigenvalue weighted by atomic mass is 79.9. The van der Waals surface area contributed by atoms with Gasteiger partial charge in [-0.25, -0.2) is 4.98 Å². The summed E-state index contributed by atoms with van der Waals surface area (Å²) in [5.74, 6) is 1.11. The van der Waals surface area contributed by atoms with Gasteiger partial charge in [0, 0.05) is 12.6 Å². The molecule has 0 amide bonds. The number of pyridine rings is 1. The van der Waals surface area contributed by atoms with Gasteiger partial charge >= 0.3 is 0 Å². The molecule has 3 heteroatoms. The Labute approximate surface area is 99.8 Å². The highest BCUT2D eigenvalue weighted by Gasteiger charge is 2.17. The summed E-state index contributed by atoms with van der Waals surface area (Å²) < 4.78 is 0.927. The topological polar surface area (TPSA) is 16.1 Å². The van der Waals surface area contributed by atoms with Crippen LogP contribution in [0.2, 0.25) is 0 Å². The van der Waals surface area contributed by atoms with Crippen LogP contribution in [0.4, 0.5) is 5.82 Å². The van der Waals surface area contributed by atoms with Crippen molar-refractivity contribution in [3.8, 4) is 0 Å². The van der Waals surface area contributed by atoms with E-state index in [1.807, 2.05) is 6.07 Å². The predicted molar refractivity (Wildman–Crippen MR) is 67.2 cm³/mol. The number of nitrogens with zero attached hydrogens (tertiary/aromatic N) is 2. The first-order valence-corrected chi connectivity index (χ1v) is 6.46. The summed E-state index contributed by atoms with van der Waals surface area (Å²) in [6, 6.07) is 6.76. The molecule has 0 saturated carbocycles. The molecular weight excluding hydrogens is 252 g/mol. The zero-order valence-electron chi connectivity index (χ0n) is 9.12. The zero-order chi connectivity index (χ0) is 10.7. The molecule has 0 radical (unpaired) electrons. The van der Waals surface area contributed by atoms with Crippen molar-refractivity contribution in [1.29, 1.82) is 0 Å². The monoisotopic (exact) mass is 268 g/mol. The molecule has 2 rings (SSSR count). The molecule has 0 aliphatic carbocycles. The van der Waals surface area contributed by atoms with Gasteiger partial charge in [-0.15, -0.1) is 0 Å². The first-order chi connectivity index (χ1) is 7.27. The summed E-state index contributed by atoms with van der Waals surface area (Å²) >= 11 is 3.43. The van der Waals surface area contributed by atoms with Crippen molar-refractivity contribution in [3.63, 3.8) is 0 Å². The first kappa shape index (κ1) is 10.9. The van der Waals surface area contributed by atoms with E-state index < -0.39 is 0 Å². The summed E-state index contributed by atoms with van der Waals surface area (Å²) in [4.78, 5) is 6.96. The Bertz CT molecular complexity index is 327. The number of hydrogen-bond acceptors (Lipinski definition) is 2. The zero-order valence-corrected chi connectivity index (χ0v) is 10.7. The third kappa shape index (κ3) is 2.71. The summed E-state index contributed by atoms with van der Waals surface area (Å²) in [7, 11) is 0. The molecule has 82 valence electrons. The van der Waals surface area contributed by atoms with E-state index in [2.05, 4.69) is 44.9 Å². The molecule has 2 heterocycles. The van der Waals surface area contributed by atoms with Gasteiger partial charge in [0.05, 0.1) is 0 Å². The van der Waals surface area contributed by atoms with Gasteiger partial charge in [0.15, 0.2) is 0 Å². The fraction of sp³-hybridized carbons (Fsp3) is 0.583. The molecule has 0 N–H and O–H groups in total. The minimum atomic E-state index is 0.620. The second kappa shape index (κ2) is 4.97. The Morgan fingerprint density at radius 3 is 3.00 bits per heavy atom. The summed E-state index contributed by atoms with van der Waals surface area (Å²) in [6.07, 6.45) is 5.28. The van der Waals surface area contributed by atoms with Crippen molar-refractivity contribution >= 4 is 21.7 Å². The average molecular weight is 269 g/mol. The van der Waals surface area contributed by atoms with Crippen molar-refractivity contribution in [2.45, 2.75) is 38.6 Å². The Kier molecular flexibility index (Phi) is 3.62. The van der Waals surface area contributed by atoms with Gasteiger partial charge in [-0.2, -0.15) is 0 Å². The lowest BCUT2D eigenvalue weighted by atomic mass is 10.1. The van der Waals surface area contributed by atoms with Gasteiger partial charge < -0.3 is 4.90 Å². The van der Waals surface area contributed by atoms with E-state index in [9.17, 15) is 0 Å². The van der Waals surface area contributed by atoms with Crippen LogP contribution in [0.5, 0.6) is 0 Å². The Hall–Kier alpha value is -0.570. The molecule has 1 atom stereocenters. The van der Waals surface area contributed by atoms with Crippen LogP contribution in [0.25, 0.3) is 0 Å². The maximum Gasteiger partial charge on any atom is 0.130 e. The van der Waals surface area contributed by atoms with Gasteiger partial charge in [0.25, 0.3) is 0 Å². The first-order valence-electron chi connectivity index (χ1n) is 5.66. The third-order valence-corrected chi connectivity index (χ3v) is 3.49. The molecule has 1 aliphatic rings. The molecule has 1 unspecified atom stereocenters. The van der Waals surface area contributed by atoms with Crippen LogP contribution in [-0.2, 0) is 0 Å². The van der Waals surface area contributed by atoms with Crippen molar-refractivity contribution in [2.24, 2.45) is 0 Å². The molecule has 1 saturated heterocycles. The number of hydrogen-bond donors (Lipinski definition) is 0. The lowest BCUT2D eigenvalue weighted by Gasteiger charge is -2.28. The molecule has 2 nitrogen and oxygen atoms in total. The molecule has 1 fully saturated rings. The Morgan fingerprint density at radius 1 is 1.33 bits per heavy atom. The van der Waals surface area contributed by atoms with Crippen LogP contribution in [0, 0.1) is 0 Å². The molecule has 1 aliphatic heterocycles. The molecule has 15 heavy (non-hydrogen) atoms. The molecule has 0 spiro atoms. The Morgan fingerprint density at radius 2 is 2.20 bits per heavy atom. The number of halogens is 1. The van der Waals surface area contributed by atoms with Crippen LogP contribution in [0.3, 0.4) is 0 Å². The van der Waals surface area contributed by atoms with Gasteiger partial charge in [-0.1, -0.05) is 18.9 Å². The molecule has 0 bridgehead atoms. The number of aromatic nitrogens is 1. The summed E-state index contributed by atoms with van der Waals surface area (Å²) in [5.41, 5.74) is 0. The smallest absolute Gasteiger partial charge is 0.130 e. The standard InChI is InChI=1S/C12H17BrN2/c1-10-6-3-2-4-9-15(10)12-8-5-7-11(13)14-12/h5,7-8,10H,2-4,6,9H2,1H3. The van der Waals surface area contributed by atoms with Crippen LogP contribution in [0.15, 0.2) is 22.8 Å². The highest BCUT2D eigenvalue weighted by Crippen LogP contribution is 2.23. The maximum absolute atomic E-state index is 4.53. The van der Waals surface area contributed by atoms with E-state index in [-0.39, 0.29) is 0 Å². The third-order valence-electron chi connectivity index (χ3n) is 3.05. The van der Waals surface area contributed by atoms with Crippen LogP contribution in [0.1, 0.15) is 32.6 Å². The van der Waals surface area contributed by atoms with Gasteiger partial charge in [-0.3, -0.25) is 0 Å². The number of rotatable bonds is 1. The van der Waals surface area contributed by atoms with Gasteiger partial charge in [0.2, 0.25) is 0 Å². The molecule has 0 aromatic carbocycles. The Balaban J connectivity index is 2.20. The van der Waals surface area contributed by atoms with E-state index in [0.717, 1.165) is 17.0 Å². The van der Waals surface area contributed by atoms with E-state index in [1.54, 1.807) is 0 Å². The fourth-order valence-electron chi connectivity index (χ4n) is 2.17. The summed E-state index contributed by atoms with van der Waals surface area (Å²) in [5, 5.41) is 0. The minimum absolute atomic E-state index is 0.620. The second-order valence-electron chi connectivity index (χ2n) is 4.21. The quantitative estimate of drug-likeness (QED) is 0.724. The lowest BCUT2D eigenvalue weighted by Crippen LogP contribution is -2.33. The van der Waals surface area contributed by atoms with Crippen LogP contribution < -0.4 is 4.90 Å². The maximum atomic E-state index is 4.53. The highest BCUT2D eigenvalue weighted by molar-refractivity contribution is 9.10. The minimum Gasteiger partial charge on any atom is -0.354 e. The van der Waals surface area contributed by atoms with Crippen LogP contribution in [-0.4, -0.2) is 17.6 Å². The van der Waals surface area contributed by atoms with Crippen molar-refractivity contribution in [3.05, 3.63) is 22.8 Å². The molecule has 1 aromatic heterocycles. The van der Waals surface area contributed by atoms with Crippen molar-refractivity contribution in [1.82, 2.24) is 4.98 Å². The second-order valence-corrected chi connectivity index (χ2v) is 5.02. The SMILES string of the molecule is CC1CCCCCN1c1cccc(Br)n1. The van der Waals surface area contributed by atoms with Crippen LogP contribution >= 0.6 is 15.9 Å². The summed E-state index contributed by atoms with van der Waals surface area (Å²) in [6.45, 7) is 3.44. The van der Waals surface area contributed by atoms with Crippen molar-refractivity contribution in [2.75, 3.05) is 11.4 Å². The van der Waals surface area contributed by atoms with E-state index in [0.29, 0.717) is 6.04 Å². The fourth-order valence-corrected chi connectivity index (χ4v) is 2.51. The van der Waals surface area contributed by atoms with Crippen molar-refractivity contribution < 1.29 is 0 Å². The predicted octanol–water partition coefficient (Wildman–Crippen LogP) is 3.61. The van der Waals surface area contributed by atoms with E-state index in [1.165, 1.54) is 25.7 Å². The molecule has 1 aromatic rings. The van der Waals surface area contributed by atoms with E-state index in [4.69, 9.17) is 0 Å². The lowest BCUT2D eigenvalue weighted by molar-refractivity contribution is 0.611. The molecular formula is C12H17BrN2. The van der Waals surface area contributed by atoms with E-state index >= 15 is 0 Å². The average Bonchev–Trinajstić information content (AvgIpc) is 2.43.